The number of hydrogen-bond acceptors (Lipinski definition) is 5. The molecule has 11 heteroatoms. The summed E-state index contributed by atoms with van der Waals surface area (Å²) in [6.07, 6.45) is 1.41. The van der Waals surface area contributed by atoms with Crippen LogP contribution in [0.3, 0.4) is 0 Å². The molecule has 162 valence electrons. The average Bonchev–Trinajstić information content (AvgIpc) is 2.69. The molecule has 2 aromatic rings. The molecule has 2 aromatic carbocycles. The van der Waals surface area contributed by atoms with E-state index in [4.69, 9.17) is 0 Å². The molecule has 0 radical (unpaired) electrons. The second-order valence-corrected chi connectivity index (χ2v) is 11.0. The Morgan fingerprint density at radius 2 is 1.63 bits per heavy atom. The third-order valence-electron chi connectivity index (χ3n) is 4.89. The van der Waals surface area contributed by atoms with Crippen LogP contribution < -0.4 is 5.32 Å². The van der Waals surface area contributed by atoms with Crippen LogP contribution in [-0.4, -0.2) is 46.4 Å². The summed E-state index contributed by atoms with van der Waals surface area (Å²) < 4.78 is 77.0. The molecule has 0 aliphatic carbocycles. The number of anilines is 1. The molecule has 0 aromatic heterocycles. The summed E-state index contributed by atoms with van der Waals surface area (Å²) in [5.41, 5.74) is -0.144. The van der Waals surface area contributed by atoms with Gasteiger partial charge in [-0.1, -0.05) is 6.07 Å². The van der Waals surface area contributed by atoms with Gasteiger partial charge in [-0.3, -0.25) is 4.79 Å². The van der Waals surface area contributed by atoms with Crippen molar-refractivity contribution in [3.05, 3.63) is 54.1 Å². The number of nitrogens with zero attached hydrogens (tertiary/aromatic N) is 1. The molecule has 0 spiro atoms. The molecule has 1 amide bonds. The second-order valence-electron chi connectivity index (χ2n) is 7.04. The number of sulfonamides is 1. The molecule has 30 heavy (non-hydrogen) atoms. The molecular weight excluding hydrogens is 438 g/mol. The Bertz CT molecular complexity index is 1180. The summed E-state index contributed by atoms with van der Waals surface area (Å²) >= 11 is 0. The number of halogens is 2. The number of piperidine rings is 1. The van der Waals surface area contributed by atoms with Crippen molar-refractivity contribution < 1.29 is 30.4 Å². The van der Waals surface area contributed by atoms with Crippen molar-refractivity contribution >= 4 is 31.5 Å². The first kappa shape index (κ1) is 22.3. The maximum atomic E-state index is 13.7. The van der Waals surface area contributed by atoms with Crippen LogP contribution in [0.1, 0.15) is 12.8 Å². The van der Waals surface area contributed by atoms with Crippen LogP contribution in [-0.2, 0) is 24.7 Å². The molecule has 1 aliphatic heterocycles. The van der Waals surface area contributed by atoms with E-state index in [-0.39, 0.29) is 41.4 Å². The van der Waals surface area contributed by atoms with Crippen LogP contribution in [0.15, 0.2) is 52.3 Å². The standard InChI is InChI=1S/C19H20F2N2O5S2/c1-29(25,26)15-3-2-4-16(12-15)30(27,28)23-9-7-13(8-10-23)19(24)22-18-6-5-14(20)11-17(18)21/h2-6,11-13H,7-10H2,1H3,(H,22,24). The van der Waals surface area contributed by atoms with E-state index >= 15 is 0 Å². The van der Waals surface area contributed by atoms with Crippen LogP contribution in [0.25, 0.3) is 0 Å². The summed E-state index contributed by atoms with van der Waals surface area (Å²) in [6, 6.07) is 7.92. The van der Waals surface area contributed by atoms with Gasteiger partial charge in [0.05, 0.1) is 15.5 Å². The van der Waals surface area contributed by atoms with E-state index < -0.39 is 43.3 Å². The molecule has 0 saturated carbocycles. The zero-order chi connectivity index (χ0) is 22.1. The molecule has 1 saturated heterocycles. The number of carbonyl (C=O) groups is 1. The summed E-state index contributed by atoms with van der Waals surface area (Å²) in [5, 5.41) is 2.40. The van der Waals surface area contributed by atoms with Gasteiger partial charge >= 0.3 is 0 Å². The topological polar surface area (TPSA) is 101 Å². The quantitative estimate of drug-likeness (QED) is 0.742. The lowest BCUT2D eigenvalue weighted by Crippen LogP contribution is -2.41. The number of benzene rings is 2. The normalized spacial score (nSPS) is 16.4. The zero-order valence-electron chi connectivity index (χ0n) is 16.0. The second kappa shape index (κ2) is 8.40. The minimum absolute atomic E-state index is 0.0510. The Balaban J connectivity index is 1.68. The van der Waals surface area contributed by atoms with Gasteiger partial charge in [-0.25, -0.2) is 25.6 Å². The highest BCUT2D eigenvalue weighted by atomic mass is 32.2. The Morgan fingerprint density at radius 3 is 2.23 bits per heavy atom. The highest BCUT2D eigenvalue weighted by Crippen LogP contribution is 2.26. The van der Waals surface area contributed by atoms with Gasteiger partial charge in [0.2, 0.25) is 15.9 Å². The lowest BCUT2D eigenvalue weighted by molar-refractivity contribution is -0.120. The van der Waals surface area contributed by atoms with E-state index in [1.54, 1.807) is 0 Å². The fourth-order valence-corrected chi connectivity index (χ4v) is 5.46. The molecule has 0 unspecified atom stereocenters. The van der Waals surface area contributed by atoms with Crippen molar-refractivity contribution in [3.8, 4) is 0 Å². The van der Waals surface area contributed by atoms with Crippen molar-refractivity contribution in [2.45, 2.75) is 22.6 Å². The average molecular weight is 459 g/mol. The van der Waals surface area contributed by atoms with Gasteiger partial charge in [0.1, 0.15) is 11.6 Å². The number of sulfone groups is 1. The van der Waals surface area contributed by atoms with Crippen LogP contribution >= 0.6 is 0 Å². The minimum atomic E-state index is -3.93. The predicted octanol–water partition coefficient (Wildman–Crippen LogP) is 2.41. The predicted molar refractivity (Wildman–Crippen MR) is 106 cm³/mol. The van der Waals surface area contributed by atoms with Crippen LogP contribution in [0.2, 0.25) is 0 Å². The largest absolute Gasteiger partial charge is 0.323 e. The first-order valence-electron chi connectivity index (χ1n) is 9.04. The molecule has 1 fully saturated rings. The van der Waals surface area contributed by atoms with E-state index in [2.05, 4.69) is 5.32 Å². The highest BCUT2D eigenvalue weighted by Gasteiger charge is 2.32. The van der Waals surface area contributed by atoms with Gasteiger partial charge in [0, 0.05) is 31.3 Å². The molecule has 1 heterocycles. The Hall–Kier alpha value is -2.37. The molecule has 0 bridgehead atoms. The van der Waals surface area contributed by atoms with E-state index in [0.717, 1.165) is 24.5 Å². The Labute approximate surface area is 173 Å². The summed E-state index contributed by atoms with van der Waals surface area (Å²) in [6.45, 7) is 0.102. The molecule has 7 nitrogen and oxygen atoms in total. The van der Waals surface area contributed by atoms with Crippen molar-refractivity contribution in [1.82, 2.24) is 4.31 Å². The van der Waals surface area contributed by atoms with Crippen LogP contribution in [0.5, 0.6) is 0 Å². The fourth-order valence-electron chi connectivity index (χ4n) is 3.20. The molecule has 1 aliphatic rings. The van der Waals surface area contributed by atoms with E-state index in [1.165, 1.54) is 22.5 Å². The van der Waals surface area contributed by atoms with Crippen molar-refractivity contribution in [3.63, 3.8) is 0 Å². The third-order valence-corrected chi connectivity index (χ3v) is 7.89. The SMILES string of the molecule is CS(=O)(=O)c1cccc(S(=O)(=O)N2CCC(C(=O)Nc3ccc(F)cc3F)CC2)c1. The number of hydrogen-bond donors (Lipinski definition) is 1. The molecule has 1 N–H and O–H groups in total. The van der Waals surface area contributed by atoms with Gasteiger partial charge in [-0.2, -0.15) is 4.31 Å². The van der Waals surface area contributed by atoms with Crippen molar-refractivity contribution in [1.29, 1.82) is 0 Å². The first-order valence-corrected chi connectivity index (χ1v) is 12.4. The first-order chi connectivity index (χ1) is 14.0. The van der Waals surface area contributed by atoms with Gasteiger partial charge in [0.25, 0.3) is 0 Å². The van der Waals surface area contributed by atoms with E-state index in [0.29, 0.717) is 6.07 Å². The van der Waals surface area contributed by atoms with Crippen molar-refractivity contribution in [2.75, 3.05) is 24.7 Å². The zero-order valence-corrected chi connectivity index (χ0v) is 17.6. The van der Waals surface area contributed by atoms with Gasteiger partial charge < -0.3 is 5.32 Å². The van der Waals surface area contributed by atoms with Gasteiger partial charge in [0.15, 0.2) is 9.84 Å². The molecule has 3 rings (SSSR count). The number of nitrogens with one attached hydrogen (secondary N) is 1. The molecule has 0 atom stereocenters. The van der Waals surface area contributed by atoms with E-state index in [1.807, 2.05) is 0 Å². The Morgan fingerprint density at radius 1 is 1.00 bits per heavy atom. The monoisotopic (exact) mass is 458 g/mol. The van der Waals surface area contributed by atoms with Gasteiger partial charge in [-0.15, -0.1) is 0 Å². The minimum Gasteiger partial charge on any atom is -0.323 e. The fraction of sp³-hybridized carbons (Fsp3) is 0.316. The van der Waals surface area contributed by atoms with E-state index in [9.17, 15) is 30.4 Å². The lowest BCUT2D eigenvalue weighted by atomic mass is 9.97. The van der Waals surface area contributed by atoms with Crippen LogP contribution in [0, 0.1) is 17.6 Å². The highest BCUT2D eigenvalue weighted by molar-refractivity contribution is 7.91. The maximum absolute atomic E-state index is 13.7. The smallest absolute Gasteiger partial charge is 0.243 e. The Kier molecular flexibility index (Phi) is 6.25. The summed E-state index contributed by atoms with van der Waals surface area (Å²) in [7, 11) is -7.49. The summed E-state index contributed by atoms with van der Waals surface area (Å²) in [4.78, 5) is 12.1. The van der Waals surface area contributed by atoms with Crippen LogP contribution in [0.4, 0.5) is 14.5 Å². The molecular formula is C19H20F2N2O5S2. The number of amides is 1. The maximum Gasteiger partial charge on any atom is 0.243 e. The van der Waals surface area contributed by atoms with Crippen molar-refractivity contribution in [2.24, 2.45) is 5.92 Å². The third kappa shape index (κ3) is 4.85. The number of rotatable bonds is 5. The lowest BCUT2D eigenvalue weighted by Gasteiger charge is -2.30. The summed E-state index contributed by atoms with van der Waals surface area (Å²) in [5.74, 6) is -2.67. The number of carbonyl (C=O) groups excluding carboxylic acids is 1. The van der Waals surface area contributed by atoms with Gasteiger partial charge in [-0.05, 0) is 43.2 Å².